The van der Waals surface area contributed by atoms with Crippen LogP contribution in [0.5, 0.6) is 0 Å². The Morgan fingerprint density at radius 2 is 1.61 bits per heavy atom. The highest BCUT2D eigenvalue weighted by atomic mass is 32.3. The molecule has 5 aliphatic carbocycles. The zero-order chi connectivity index (χ0) is 28.3. The first-order valence-corrected chi connectivity index (χ1v) is 15.9. The quantitative estimate of drug-likeness (QED) is 0.289. The van der Waals surface area contributed by atoms with Gasteiger partial charge in [-0.3, -0.25) is 9.35 Å². The smallest absolute Gasteiger partial charge is 0.397 e. The van der Waals surface area contributed by atoms with Gasteiger partial charge in [-0.2, -0.15) is 8.42 Å². The third kappa shape index (κ3) is 3.68. The van der Waals surface area contributed by atoms with Crippen molar-refractivity contribution in [3.8, 4) is 0 Å². The van der Waals surface area contributed by atoms with Gasteiger partial charge in [-0.25, -0.2) is 4.18 Å². The van der Waals surface area contributed by atoms with Gasteiger partial charge in [0.1, 0.15) is 5.41 Å². The number of allylic oxidation sites excluding steroid dienone is 2. The van der Waals surface area contributed by atoms with Crippen molar-refractivity contribution < 1.29 is 32.2 Å². The van der Waals surface area contributed by atoms with Crippen molar-refractivity contribution in [3.63, 3.8) is 0 Å². The molecule has 7 nitrogen and oxygen atoms in total. The molecule has 0 aromatic heterocycles. The minimum atomic E-state index is -4.54. The van der Waals surface area contributed by atoms with Crippen molar-refractivity contribution >= 4 is 16.4 Å². The number of hydrogen-bond donors (Lipinski definition) is 3. The van der Waals surface area contributed by atoms with E-state index in [-0.39, 0.29) is 33.5 Å². The highest BCUT2D eigenvalue weighted by Gasteiger charge is 2.71. The molecule has 0 radical (unpaired) electrons. The first-order valence-electron chi connectivity index (χ1n) is 14.5. The Bertz CT molecular complexity index is 1160. The molecular formula is C30H48O7S. The van der Waals surface area contributed by atoms with Crippen molar-refractivity contribution in [2.45, 2.75) is 118 Å². The van der Waals surface area contributed by atoms with Crippen LogP contribution in [0.15, 0.2) is 11.6 Å². The normalized spacial score (nSPS) is 49.5. The highest BCUT2D eigenvalue weighted by molar-refractivity contribution is 7.80. The van der Waals surface area contributed by atoms with E-state index >= 15 is 0 Å². The van der Waals surface area contributed by atoms with Gasteiger partial charge in [-0.05, 0) is 103 Å². The number of fused-ring (bicyclic) bond motifs is 7. The number of carboxylic acid groups (broad SMARTS) is 1. The molecule has 216 valence electrons. The molecule has 0 bridgehead atoms. The second kappa shape index (κ2) is 8.29. The first-order chi connectivity index (χ1) is 17.2. The summed E-state index contributed by atoms with van der Waals surface area (Å²) in [5.41, 5.74) is -0.765. The maximum absolute atomic E-state index is 12.9. The van der Waals surface area contributed by atoms with Crippen LogP contribution in [0.4, 0.5) is 0 Å². The van der Waals surface area contributed by atoms with Crippen LogP contribution in [-0.4, -0.2) is 41.4 Å². The van der Waals surface area contributed by atoms with Crippen LogP contribution in [0.1, 0.15) is 106 Å². The lowest BCUT2D eigenvalue weighted by Crippen LogP contribution is -2.67. The van der Waals surface area contributed by atoms with Crippen molar-refractivity contribution in [2.24, 2.45) is 50.2 Å². The van der Waals surface area contributed by atoms with Gasteiger partial charge in [0.15, 0.2) is 0 Å². The monoisotopic (exact) mass is 552 g/mol. The van der Waals surface area contributed by atoms with E-state index in [9.17, 15) is 28.0 Å². The fourth-order valence-electron chi connectivity index (χ4n) is 11.0. The van der Waals surface area contributed by atoms with E-state index in [2.05, 4.69) is 54.5 Å². The summed E-state index contributed by atoms with van der Waals surface area (Å²) in [7, 11) is -4.54. The Balaban J connectivity index is 1.58. The second-order valence-corrected chi connectivity index (χ2v) is 16.7. The number of rotatable bonds is 3. The van der Waals surface area contributed by atoms with Gasteiger partial charge in [0.2, 0.25) is 0 Å². The van der Waals surface area contributed by atoms with Crippen molar-refractivity contribution in [1.82, 2.24) is 0 Å². The Kier molecular flexibility index (Phi) is 6.23. The number of carboxylic acids is 1. The zero-order valence-corrected chi connectivity index (χ0v) is 25.0. The number of aliphatic carboxylic acids is 1. The van der Waals surface area contributed by atoms with E-state index in [1.165, 1.54) is 5.57 Å². The SMILES string of the molecule is CC1(C)CCC2(C(=O)O)C(O)C[C@@]3(C)C(=CCC4C5(C)CCC(OS(=O)(=O)O)C(C)(C)C5CCC43C)C2C1. The molecular weight excluding hydrogens is 504 g/mol. The van der Waals surface area contributed by atoms with Gasteiger partial charge in [-0.15, -0.1) is 0 Å². The second-order valence-electron chi connectivity index (χ2n) is 15.7. The van der Waals surface area contributed by atoms with Crippen molar-refractivity contribution in [2.75, 3.05) is 0 Å². The average Bonchev–Trinajstić information content (AvgIpc) is 2.75. The highest BCUT2D eigenvalue weighted by Crippen LogP contribution is 2.75. The summed E-state index contributed by atoms with van der Waals surface area (Å²) in [6.45, 7) is 15.7. The molecule has 0 aromatic carbocycles. The van der Waals surface area contributed by atoms with Gasteiger partial charge in [0.25, 0.3) is 0 Å². The van der Waals surface area contributed by atoms with E-state index in [4.69, 9.17) is 4.18 Å². The van der Waals surface area contributed by atoms with Crippen LogP contribution < -0.4 is 0 Å². The third-order valence-electron chi connectivity index (χ3n) is 13.3. The number of aliphatic hydroxyl groups is 1. The Hall–Kier alpha value is -0.960. The van der Waals surface area contributed by atoms with Crippen molar-refractivity contribution in [3.05, 3.63) is 11.6 Å². The predicted molar refractivity (Wildman–Crippen MR) is 144 cm³/mol. The van der Waals surface area contributed by atoms with E-state index < -0.39 is 39.4 Å². The van der Waals surface area contributed by atoms with Crippen LogP contribution in [0.25, 0.3) is 0 Å². The molecule has 8 heteroatoms. The van der Waals surface area contributed by atoms with Crippen molar-refractivity contribution in [1.29, 1.82) is 0 Å². The van der Waals surface area contributed by atoms with Crippen LogP contribution in [0.3, 0.4) is 0 Å². The Morgan fingerprint density at radius 1 is 0.947 bits per heavy atom. The lowest BCUT2D eigenvalue weighted by molar-refractivity contribution is -0.216. The first kappa shape index (κ1) is 28.6. The van der Waals surface area contributed by atoms with Crippen LogP contribution in [0, 0.1) is 50.2 Å². The average molecular weight is 553 g/mol. The summed E-state index contributed by atoms with van der Waals surface area (Å²) >= 11 is 0. The third-order valence-corrected chi connectivity index (χ3v) is 13.7. The molecule has 5 aliphatic rings. The van der Waals surface area contributed by atoms with Gasteiger partial charge in [-0.1, -0.05) is 60.1 Å². The molecule has 9 atom stereocenters. The molecule has 4 saturated carbocycles. The summed E-state index contributed by atoms with van der Waals surface area (Å²) < 4.78 is 37.9. The molecule has 0 heterocycles. The lowest BCUT2D eigenvalue weighted by Gasteiger charge is -2.71. The zero-order valence-electron chi connectivity index (χ0n) is 24.2. The van der Waals surface area contributed by atoms with Crippen LogP contribution in [0.2, 0.25) is 0 Å². The predicted octanol–water partition coefficient (Wildman–Crippen LogP) is 6.03. The molecule has 8 unspecified atom stereocenters. The molecule has 5 rings (SSSR count). The van der Waals surface area contributed by atoms with Crippen LogP contribution in [-0.2, 0) is 19.4 Å². The molecule has 3 N–H and O–H groups in total. The maximum Gasteiger partial charge on any atom is 0.397 e. The van der Waals surface area contributed by atoms with Gasteiger partial charge >= 0.3 is 16.4 Å². The minimum Gasteiger partial charge on any atom is -0.481 e. The fourth-order valence-corrected chi connectivity index (χ4v) is 11.7. The maximum atomic E-state index is 12.9. The molecule has 0 spiro atoms. The molecule has 0 aliphatic heterocycles. The molecule has 0 aromatic rings. The van der Waals surface area contributed by atoms with Gasteiger partial charge < -0.3 is 10.2 Å². The summed E-state index contributed by atoms with van der Waals surface area (Å²) in [6, 6.07) is 0. The summed E-state index contributed by atoms with van der Waals surface area (Å²) in [6.07, 6.45) is 7.53. The van der Waals surface area contributed by atoms with E-state index in [1.54, 1.807) is 0 Å². The standard InChI is InChI=1S/C30H48O7S/c1-25(2)14-15-30(24(32)33)19(16-25)18-8-9-21-27(5)12-11-23(37-38(34,35)36)26(3,4)20(27)10-13-28(21,6)29(18,7)17-22(30)31/h8,19-23,31H,9-17H2,1-7H3,(H,32,33)(H,34,35,36)/t19?,20?,21?,22?,23?,27?,28?,29-,30?/m0/s1. The Morgan fingerprint density at radius 3 is 2.21 bits per heavy atom. The lowest BCUT2D eigenvalue weighted by atomic mass is 9.33. The molecule has 0 saturated heterocycles. The Labute approximate surface area is 228 Å². The van der Waals surface area contributed by atoms with E-state index in [0.717, 1.165) is 38.5 Å². The topological polar surface area (TPSA) is 121 Å². The number of aliphatic hydroxyl groups excluding tert-OH is 1. The summed E-state index contributed by atoms with van der Waals surface area (Å²) in [5, 5.41) is 22.3. The summed E-state index contributed by atoms with van der Waals surface area (Å²) in [5.74, 6) is -0.492. The molecule has 0 amide bonds. The largest absolute Gasteiger partial charge is 0.481 e. The van der Waals surface area contributed by atoms with Gasteiger partial charge in [0.05, 0.1) is 12.2 Å². The molecule has 4 fully saturated rings. The van der Waals surface area contributed by atoms with Gasteiger partial charge in [0, 0.05) is 0 Å². The number of hydrogen-bond acceptors (Lipinski definition) is 5. The van der Waals surface area contributed by atoms with Crippen LogP contribution >= 0.6 is 0 Å². The summed E-state index contributed by atoms with van der Waals surface area (Å²) in [4.78, 5) is 12.9. The molecule has 38 heavy (non-hydrogen) atoms. The number of carbonyl (C=O) groups is 1. The van der Waals surface area contributed by atoms with E-state index in [1.807, 2.05) is 0 Å². The van der Waals surface area contributed by atoms with E-state index in [0.29, 0.717) is 25.2 Å². The minimum absolute atomic E-state index is 0.0271. The fraction of sp³-hybridized carbons (Fsp3) is 0.900.